The summed E-state index contributed by atoms with van der Waals surface area (Å²) in [5.74, 6) is -0.487. The van der Waals surface area contributed by atoms with Gasteiger partial charge in [-0.25, -0.2) is 4.43 Å². The summed E-state index contributed by atoms with van der Waals surface area (Å²) in [5, 5.41) is 17.9. The van der Waals surface area contributed by atoms with Crippen molar-refractivity contribution in [3.05, 3.63) is 12.2 Å². The van der Waals surface area contributed by atoms with Crippen molar-refractivity contribution in [1.82, 2.24) is 0 Å². The lowest BCUT2D eigenvalue weighted by Crippen LogP contribution is -2.34. The van der Waals surface area contributed by atoms with Gasteiger partial charge in [-0.3, -0.25) is 0 Å². The van der Waals surface area contributed by atoms with E-state index in [1.54, 1.807) is 0 Å². The van der Waals surface area contributed by atoms with Gasteiger partial charge in [0.1, 0.15) is 12.5 Å². The van der Waals surface area contributed by atoms with Crippen molar-refractivity contribution >= 4 is 15.0 Å². The molecule has 3 N–H and O–H groups in total. The molecule has 6 nitrogen and oxygen atoms in total. The van der Waals surface area contributed by atoms with Gasteiger partial charge < -0.3 is 19.7 Å². The third-order valence-electron chi connectivity index (χ3n) is 7.07. The molecule has 1 aliphatic carbocycles. The predicted molar refractivity (Wildman–Crippen MR) is 133 cm³/mol. The number of rotatable bonds is 17. The molecule has 0 radical (unpaired) electrons. The van der Waals surface area contributed by atoms with E-state index in [9.17, 15) is 9.90 Å². The maximum absolute atomic E-state index is 10.9. The molecule has 2 aliphatic rings. The Hall–Kier alpha value is -0.733. The van der Waals surface area contributed by atoms with Crippen LogP contribution in [0.2, 0.25) is 13.1 Å². The van der Waals surface area contributed by atoms with Gasteiger partial charge >= 0.3 is 15.0 Å². The Labute approximate surface area is 202 Å². The molecule has 1 saturated heterocycles. The SMILES string of the molecule is CCCCCCCC1(CC[C@@H]2[C@@H](C/C=C\CCCC(=O)[OH2+])[C@@H](O)C[C@H]2O[Si+](C)C)OCCO1. The average Bonchev–Trinajstić information content (AvgIpc) is 3.33. The second-order valence-corrected chi connectivity index (χ2v) is 12.1. The van der Waals surface area contributed by atoms with Gasteiger partial charge in [-0.2, -0.15) is 0 Å². The molecular weight excluding hydrogens is 436 g/mol. The van der Waals surface area contributed by atoms with Crippen LogP contribution < -0.4 is 0 Å². The van der Waals surface area contributed by atoms with Crippen LogP contribution in [-0.2, 0) is 18.7 Å². The summed E-state index contributed by atoms with van der Waals surface area (Å²) >= 11 is 0. The second-order valence-electron chi connectivity index (χ2n) is 10.0. The highest BCUT2D eigenvalue weighted by Crippen LogP contribution is 2.43. The molecule has 1 saturated carbocycles. The number of hydrogen-bond donors (Lipinski definition) is 1. The second kappa shape index (κ2) is 15.3. The zero-order valence-corrected chi connectivity index (χ0v) is 22.2. The maximum Gasteiger partial charge on any atom is 0.515 e. The first-order valence-electron chi connectivity index (χ1n) is 13.2. The van der Waals surface area contributed by atoms with Crippen molar-refractivity contribution in [2.75, 3.05) is 13.2 Å². The van der Waals surface area contributed by atoms with Crippen molar-refractivity contribution in [1.29, 1.82) is 0 Å². The first-order valence-corrected chi connectivity index (χ1v) is 15.6. The van der Waals surface area contributed by atoms with Crippen molar-refractivity contribution in [3.63, 3.8) is 0 Å². The van der Waals surface area contributed by atoms with Gasteiger partial charge in [-0.15, -0.1) is 0 Å². The molecule has 0 aromatic carbocycles. The van der Waals surface area contributed by atoms with Gasteiger partial charge in [0.2, 0.25) is 0 Å². The quantitative estimate of drug-likeness (QED) is 0.138. The van der Waals surface area contributed by atoms with Crippen LogP contribution in [0.5, 0.6) is 0 Å². The minimum atomic E-state index is -0.852. The van der Waals surface area contributed by atoms with Gasteiger partial charge in [0, 0.05) is 24.1 Å². The number of carbonyl (C=O) groups is 1. The number of ether oxygens (including phenoxy) is 2. The lowest BCUT2D eigenvalue weighted by atomic mass is 9.85. The summed E-state index contributed by atoms with van der Waals surface area (Å²) in [6.45, 7) is 7.91. The topological polar surface area (TPSA) is 87.9 Å². The third kappa shape index (κ3) is 10.2. The molecule has 7 heteroatoms. The van der Waals surface area contributed by atoms with E-state index in [0.29, 0.717) is 38.4 Å². The van der Waals surface area contributed by atoms with E-state index in [1.165, 1.54) is 25.7 Å². The molecule has 0 unspecified atom stereocenters. The van der Waals surface area contributed by atoms with Crippen molar-refractivity contribution < 1.29 is 28.9 Å². The van der Waals surface area contributed by atoms with Gasteiger partial charge in [0.05, 0.1) is 32.4 Å². The zero-order valence-electron chi connectivity index (χ0n) is 21.2. The van der Waals surface area contributed by atoms with Crippen LogP contribution in [0.4, 0.5) is 0 Å². The van der Waals surface area contributed by atoms with E-state index in [0.717, 1.165) is 38.5 Å². The molecule has 0 bridgehead atoms. The lowest BCUT2D eigenvalue weighted by molar-refractivity contribution is -0.171. The first kappa shape index (κ1) is 28.5. The summed E-state index contributed by atoms with van der Waals surface area (Å²) < 4.78 is 18.7. The summed E-state index contributed by atoms with van der Waals surface area (Å²) in [6.07, 6.45) is 16.3. The highest BCUT2D eigenvalue weighted by Gasteiger charge is 2.47. The fourth-order valence-corrected chi connectivity index (χ4v) is 6.24. The molecule has 2 fully saturated rings. The highest BCUT2D eigenvalue weighted by molar-refractivity contribution is 6.48. The molecule has 1 heterocycles. The monoisotopic (exact) mass is 484 g/mol. The lowest BCUT2D eigenvalue weighted by Gasteiger charge is -2.31. The highest BCUT2D eigenvalue weighted by atomic mass is 28.3. The number of carbonyl (C=O) groups excluding carboxylic acids is 1. The summed E-state index contributed by atoms with van der Waals surface area (Å²) in [4.78, 5) is 10.8. The van der Waals surface area contributed by atoms with Crippen LogP contribution in [0.3, 0.4) is 0 Å². The Kier molecular flexibility index (Phi) is 13.2. The van der Waals surface area contributed by atoms with Crippen LogP contribution >= 0.6 is 0 Å². The third-order valence-corrected chi connectivity index (χ3v) is 7.84. The molecule has 1 aliphatic heterocycles. The Morgan fingerprint density at radius 3 is 2.48 bits per heavy atom. The molecule has 4 atom stereocenters. The Bertz CT molecular complexity index is 575. The van der Waals surface area contributed by atoms with Gasteiger partial charge in [-0.1, -0.05) is 44.8 Å². The van der Waals surface area contributed by atoms with E-state index < -0.39 is 20.8 Å². The van der Waals surface area contributed by atoms with E-state index in [2.05, 4.69) is 32.2 Å². The van der Waals surface area contributed by atoms with Crippen LogP contribution in [0.15, 0.2) is 12.2 Å². The fraction of sp³-hybridized carbons (Fsp3) is 0.885. The minimum absolute atomic E-state index is 0.103. The molecule has 190 valence electrons. The molecule has 0 aromatic heterocycles. The van der Waals surface area contributed by atoms with Crippen molar-refractivity contribution in [2.45, 2.75) is 121 Å². The molecule has 0 amide bonds. The Morgan fingerprint density at radius 1 is 1.09 bits per heavy atom. The normalized spacial score (nSPS) is 26.9. The van der Waals surface area contributed by atoms with Crippen LogP contribution in [-0.4, -0.2) is 56.4 Å². The first-order chi connectivity index (χ1) is 15.9. The number of allylic oxidation sites excluding steroid dienone is 2. The number of unbranched alkanes of at least 4 members (excludes halogenated alkanes) is 5. The average molecular weight is 485 g/mol. The summed E-state index contributed by atoms with van der Waals surface area (Å²) in [7, 11) is -0.852. The molecular formula is C26H48O6Si+2. The summed E-state index contributed by atoms with van der Waals surface area (Å²) in [5.41, 5.74) is 0. The number of aliphatic hydroxyl groups excluding tert-OH is 1. The minimum Gasteiger partial charge on any atom is -0.565 e. The smallest absolute Gasteiger partial charge is 0.515 e. The van der Waals surface area contributed by atoms with Gasteiger partial charge in [-0.05, 0) is 43.9 Å². The molecule has 33 heavy (non-hydrogen) atoms. The van der Waals surface area contributed by atoms with Crippen molar-refractivity contribution in [3.8, 4) is 0 Å². The predicted octanol–water partition coefficient (Wildman–Crippen LogP) is 4.87. The van der Waals surface area contributed by atoms with Gasteiger partial charge in [0.25, 0.3) is 0 Å². The largest absolute Gasteiger partial charge is 0.565 e. The Balaban J connectivity index is 1.94. The van der Waals surface area contributed by atoms with Crippen LogP contribution in [0, 0.1) is 11.8 Å². The fourth-order valence-electron chi connectivity index (χ4n) is 5.37. The number of hydrogen-bond acceptors (Lipinski definition) is 5. The molecule has 2 rings (SSSR count). The van der Waals surface area contributed by atoms with E-state index in [1.807, 2.05) is 0 Å². The van der Waals surface area contributed by atoms with Crippen LogP contribution in [0.25, 0.3) is 0 Å². The zero-order chi connectivity index (χ0) is 24.1. The standard InChI is InChI=1S/C26H46O6Si/c1-4-5-6-9-12-16-26(30-18-19-31-26)17-15-22-21(13-10-7-8-11-14-25(28)29)23(27)20-24(22)32-33(2)3/h7,10,21-24,27H,4-6,8-9,11-20H2,1-3H3/p+2/b10-7-/t21-,22-,23+,24-/m1/s1. The van der Waals surface area contributed by atoms with Gasteiger partial charge in [0.15, 0.2) is 5.79 Å². The summed E-state index contributed by atoms with van der Waals surface area (Å²) in [6, 6.07) is 0. The van der Waals surface area contributed by atoms with E-state index in [4.69, 9.17) is 19.0 Å². The van der Waals surface area contributed by atoms with E-state index in [-0.39, 0.29) is 18.1 Å². The Morgan fingerprint density at radius 2 is 1.82 bits per heavy atom. The van der Waals surface area contributed by atoms with Crippen LogP contribution in [0.1, 0.15) is 90.4 Å². The number of aliphatic hydroxyl groups is 1. The molecule has 0 spiro atoms. The van der Waals surface area contributed by atoms with Crippen molar-refractivity contribution in [2.24, 2.45) is 11.8 Å². The maximum atomic E-state index is 10.9. The van der Waals surface area contributed by atoms with E-state index >= 15 is 0 Å². The molecule has 0 aromatic rings.